The highest BCUT2D eigenvalue weighted by atomic mass is 31.2. The lowest BCUT2D eigenvalue weighted by Gasteiger charge is -2.39. The average molecular weight is 393 g/mol. The number of aryl methyl sites for hydroxylation is 1. The van der Waals surface area contributed by atoms with E-state index in [4.69, 9.17) is 15.5 Å². The van der Waals surface area contributed by atoms with Crippen molar-refractivity contribution in [3.05, 3.63) is 23.0 Å². The molecule has 9 N–H and O–H groups in total. The van der Waals surface area contributed by atoms with Crippen molar-refractivity contribution in [3.8, 4) is 5.75 Å². The summed E-state index contributed by atoms with van der Waals surface area (Å²) in [5.74, 6) is -0.181. The third-order valence-electron chi connectivity index (χ3n) is 4.44. The lowest BCUT2D eigenvalue weighted by atomic mass is 9.84. The first-order valence-corrected chi connectivity index (χ1v) is 9.44. The zero-order valence-corrected chi connectivity index (χ0v) is 15.0. The van der Waals surface area contributed by atoms with Gasteiger partial charge in [-0.3, -0.25) is 9.51 Å². The van der Waals surface area contributed by atoms with Gasteiger partial charge in [0, 0.05) is 36.0 Å². The van der Waals surface area contributed by atoms with Gasteiger partial charge in [-0.2, -0.15) is 0 Å². The maximum Gasteiger partial charge on any atom is 0.469 e. The van der Waals surface area contributed by atoms with Crippen molar-refractivity contribution in [3.63, 3.8) is 0 Å². The maximum absolute atomic E-state index is 10.9. The standard InChI is InChI=1S/C14H24N3O8P/c1-6-11(18)8(7(3-16-6)5-25-26(22,23)24)4-17-10-2-9(15)12(19)14(21)13(10)20/h3,9-10,12-14,17-21H,2,4-5,15H2,1H3,(H2,22,23,24)/t9-,10+,12+,13-,14-/m0/s1. The maximum atomic E-state index is 10.9. The second-order valence-corrected chi connectivity index (χ2v) is 7.56. The number of phosphoric acid groups is 1. The van der Waals surface area contributed by atoms with E-state index in [1.54, 1.807) is 6.92 Å². The van der Waals surface area contributed by atoms with Gasteiger partial charge in [0.1, 0.15) is 11.9 Å². The van der Waals surface area contributed by atoms with Crippen LogP contribution in [0.2, 0.25) is 0 Å². The number of rotatable bonds is 6. The van der Waals surface area contributed by atoms with Gasteiger partial charge >= 0.3 is 7.82 Å². The fraction of sp³-hybridized carbons (Fsp3) is 0.643. The Morgan fingerprint density at radius 2 is 1.96 bits per heavy atom. The van der Waals surface area contributed by atoms with Crippen molar-refractivity contribution in [2.45, 2.75) is 56.9 Å². The lowest BCUT2D eigenvalue weighted by Crippen LogP contribution is -2.62. The topological polar surface area (TPSA) is 199 Å². The predicted octanol–water partition coefficient (Wildman–Crippen LogP) is -2.02. The van der Waals surface area contributed by atoms with Crippen molar-refractivity contribution >= 4 is 7.82 Å². The molecule has 1 heterocycles. The van der Waals surface area contributed by atoms with Crippen LogP contribution < -0.4 is 11.1 Å². The molecule has 0 amide bonds. The first-order valence-electron chi connectivity index (χ1n) is 7.91. The van der Waals surface area contributed by atoms with Gasteiger partial charge in [0.05, 0.1) is 24.5 Å². The molecule has 148 valence electrons. The number of hydrogen-bond acceptors (Lipinski definition) is 9. The minimum Gasteiger partial charge on any atom is -0.506 e. The van der Waals surface area contributed by atoms with E-state index in [-0.39, 0.29) is 29.8 Å². The zero-order chi connectivity index (χ0) is 19.6. The fourth-order valence-corrected chi connectivity index (χ4v) is 3.17. The van der Waals surface area contributed by atoms with Crippen LogP contribution in [0.3, 0.4) is 0 Å². The molecule has 2 rings (SSSR count). The van der Waals surface area contributed by atoms with Gasteiger partial charge < -0.3 is 41.3 Å². The number of pyridine rings is 1. The summed E-state index contributed by atoms with van der Waals surface area (Å²) in [5, 5.41) is 42.7. The Hall–Kier alpha value is -1.14. The first kappa shape index (κ1) is 21.2. The molecule has 1 saturated carbocycles. The number of hydrogen-bond donors (Lipinski definition) is 8. The largest absolute Gasteiger partial charge is 0.506 e. The third-order valence-corrected chi connectivity index (χ3v) is 4.90. The predicted molar refractivity (Wildman–Crippen MR) is 88.7 cm³/mol. The molecule has 11 nitrogen and oxygen atoms in total. The number of aromatic hydroxyl groups is 1. The van der Waals surface area contributed by atoms with Gasteiger partial charge in [-0.25, -0.2) is 4.57 Å². The molecule has 0 unspecified atom stereocenters. The number of aromatic nitrogens is 1. The molecule has 0 aliphatic heterocycles. The number of nitrogens with two attached hydrogens (primary N) is 1. The molecule has 26 heavy (non-hydrogen) atoms. The Morgan fingerprint density at radius 3 is 2.58 bits per heavy atom. The van der Waals surface area contributed by atoms with Crippen molar-refractivity contribution in [1.29, 1.82) is 0 Å². The normalized spacial score (nSPS) is 29.7. The van der Waals surface area contributed by atoms with Crippen LogP contribution in [0.15, 0.2) is 6.20 Å². The minimum atomic E-state index is -4.70. The number of aliphatic hydroxyl groups is 3. The number of nitrogens with one attached hydrogen (secondary N) is 1. The number of phosphoric ester groups is 1. The summed E-state index contributed by atoms with van der Waals surface area (Å²) in [4.78, 5) is 21.6. The quantitative estimate of drug-likeness (QED) is 0.248. The average Bonchev–Trinajstić information content (AvgIpc) is 2.56. The highest BCUT2D eigenvalue weighted by Gasteiger charge is 2.40. The Balaban J connectivity index is 2.15. The molecule has 0 aromatic carbocycles. The molecule has 0 saturated heterocycles. The van der Waals surface area contributed by atoms with E-state index in [0.717, 1.165) is 0 Å². The van der Waals surface area contributed by atoms with Crippen LogP contribution in [0.25, 0.3) is 0 Å². The molecule has 12 heteroatoms. The Labute approximate surface area is 149 Å². The van der Waals surface area contributed by atoms with Gasteiger partial charge in [0.15, 0.2) is 0 Å². The number of nitrogens with zero attached hydrogens (tertiary/aromatic N) is 1. The molecule has 0 spiro atoms. The van der Waals surface area contributed by atoms with Crippen LogP contribution in [-0.4, -0.2) is 65.6 Å². The Morgan fingerprint density at radius 1 is 1.31 bits per heavy atom. The summed E-state index contributed by atoms with van der Waals surface area (Å²) < 4.78 is 15.4. The fourth-order valence-electron chi connectivity index (χ4n) is 2.86. The zero-order valence-electron chi connectivity index (χ0n) is 14.1. The van der Waals surface area contributed by atoms with E-state index >= 15 is 0 Å². The summed E-state index contributed by atoms with van der Waals surface area (Å²) in [7, 11) is -4.70. The third kappa shape index (κ3) is 4.97. The summed E-state index contributed by atoms with van der Waals surface area (Å²) in [6.45, 7) is 1.07. The highest BCUT2D eigenvalue weighted by Crippen LogP contribution is 2.38. The van der Waals surface area contributed by atoms with Gasteiger partial charge in [-0.15, -0.1) is 0 Å². The van der Waals surface area contributed by atoms with E-state index in [2.05, 4.69) is 14.8 Å². The van der Waals surface area contributed by atoms with E-state index in [9.17, 15) is 25.0 Å². The molecular weight excluding hydrogens is 369 g/mol. The van der Waals surface area contributed by atoms with Crippen LogP contribution >= 0.6 is 7.82 Å². The summed E-state index contributed by atoms with van der Waals surface area (Å²) in [5.41, 5.74) is 6.58. The number of aliphatic hydroxyl groups excluding tert-OH is 3. The molecule has 1 aliphatic rings. The van der Waals surface area contributed by atoms with E-state index in [0.29, 0.717) is 5.69 Å². The molecule has 1 aromatic heterocycles. The summed E-state index contributed by atoms with van der Waals surface area (Å²) in [6.07, 6.45) is -2.43. The van der Waals surface area contributed by atoms with E-state index in [1.165, 1.54) is 6.20 Å². The van der Waals surface area contributed by atoms with Crippen molar-refractivity contribution in [1.82, 2.24) is 10.3 Å². The van der Waals surface area contributed by atoms with Gasteiger partial charge in [0.2, 0.25) is 0 Å². The van der Waals surface area contributed by atoms with Crippen molar-refractivity contribution < 1.29 is 39.3 Å². The highest BCUT2D eigenvalue weighted by molar-refractivity contribution is 7.46. The van der Waals surface area contributed by atoms with E-state index < -0.39 is 44.8 Å². The van der Waals surface area contributed by atoms with Crippen LogP contribution in [0.5, 0.6) is 5.75 Å². The summed E-state index contributed by atoms with van der Waals surface area (Å²) in [6, 6.07) is -1.40. The second-order valence-electron chi connectivity index (χ2n) is 6.32. The van der Waals surface area contributed by atoms with Gasteiger partial charge in [0.25, 0.3) is 0 Å². The van der Waals surface area contributed by atoms with Gasteiger partial charge in [-0.1, -0.05) is 0 Å². The summed E-state index contributed by atoms with van der Waals surface area (Å²) >= 11 is 0. The lowest BCUT2D eigenvalue weighted by molar-refractivity contribution is -0.106. The second kappa shape index (κ2) is 8.26. The molecule has 0 bridgehead atoms. The molecule has 1 fully saturated rings. The molecule has 1 aliphatic carbocycles. The first-order chi connectivity index (χ1) is 12.0. The van der Waals surface area contributed by atoms with Crippen molar-refractivity contribution in [2.24, 2.45) is 5.73 Å². The van der Waals surface area contributed by atoms with Crippen LogP contribution in [0.4, 0.5) is 0 Å². The Kier molecular flexibility index (Phi) is 6.72. The van der Waals surface area contributed by atoms with Crippen LogP contribution in [0, 0.1) is 6.92 Å². The molecular formula is C14H24N3O8P. The molecule has 1 aromatic rings. The monoisotopic (exact) mass is 393 g/mol. The smallest absolute Gasteiger partial charge is 0.469 e. The molecule has 0 radical (unpaired) electrons. The van der Waals surface area contributed by atoms with E-state index in [1.807, 2.05) is 0 Å². The minimum absolute atomic E-state index is 0.00763. The SMILES string of the molecule is Cc1ncc(COP(=O)(O)O)c(CN[C@@H]2C[C@H](N)[C@@H](O)[C@H](O)[C@H]2O)c1O. The van der Waals surface area contributed by atoms with Crippen molar-refractivity contribution in [2.75, 3.05) is 0 Å². The Bertz CT molecular complexity index is 684. The van der Waals surface area contributed by atoms with Gasteiger partial charge in [-0.05, 0) is 13.3 Å². The van der Waals surface area contributed by atoms with Crippen LogP contribution in [-0.2, 0) is 22.2 Å². The van der Waals surface area contributed by atoms with Crippen LogP contribution in [0.1, 0.15) is 23.2 Å². The molecule has 5 atom stereocenters.